The van der Waals surface area contributed by atoms with Crippen LogP contribution in [0.25, 0.3) is 5.65 Å². The minimum atomic E-state index is -0.164. The fourth-order valence-corrected chi connectivity index (χ4v) is 5.35. The van der Waals surface area contributed by atoms with E-state index in [1.165, 1.54) is 27.8 Å². The molecule has 6 nitrogen and oxygen atoms in total. The van der Waals surface area contributed by atoms with Crippen LogP contribution in [0, 0.1) is 0 Å². The summed E-state index contributed by atoms with van der Waals surface area (Å²) in [7, 11) is 0. The zero-order chi connectivity index (χ0) is 23.5. The van der Waals surface area contributed by atoms with Crippen molar-refractivity contribution in [2.24, 2.45) is 0 Å². The predicted octanol–water partition coefficient (Wildman–Crippen LogP) is 4.97. The number of nitrogens with zero attached hydrogens (tertiary/aromatic N) is 4. The number of hydrogen-bond donors (Lipinski definition) is 0. The Morgan fingerprint density at radius 1 is 0.882 bits per heavy atom. The van der Waals surface area contributed by atoms with Crippen molar-refractivity contribution in [3.8, 4) is 0 Å². The topological polar surface area (TPSA) is 57.9 Å². The van der Waals surface area contributed by atoms with Crippen molar-refractivity contribution in [2.45, 2.75) is 10.9 Å². The van der Waals surface area contributed by atoms with Gasteiger partial charge in [0.05, 0.1) is 10.9 Å². The maximum atomic E-state index is 13.1. The fourth-order valence-electron chi connectivity index (χ4n) is 4.33. The first-order valence-corrected chi connectivity index (χ1v) is 12.3. The molecule has 1 atom stereocenters. The van der Waals surface area contributed by atoms with Gasteiger partial charge in [-0.2, -0.15) is 0 Å². The lowest BCUT2D eigenvalue weighted by Crippen LogP contribution is -2.48. The first kappa shape index (κ1) is 22.7. The zero-order valence-corrected chi connectivity index (χ0v) is 20.0. The number of carbonyl (C=O) groups excluding carboxylic acids is 1. The van der Waals surface area contributed by atoms with Crippen LogP contribution in [0.2, 0.25) is 5.02 Å². The van der Waals surface area contributed by atoms with Gasteiger partial charge in [0.2, 0.25) is 0 Å². The third-order valence-corrected chi connectivity index (χ3v) is 7.24. The first-order chi connectivity index (χ1) is 16.6. The number of amides is 1. The second-order valence-electron chi connectivity index (χ2n) is 8.10. The Hall–Kier alpha value is -3.13. The molecular weight excluding hydrogens is 468 g/mol. The van der Waals surface area contributed by atoms with E-state index in [1.807, 2.05) is 29.2 Å². The highest BCUT2D eigenvalue weighted by molar-refractivity contribution is 8.13. The van der Waals surface area contributed by atoms with E-state index in [4.69, 9.17) is 11.6 Å². The van der Waals surface area contributed by atoms with Crippen LogP contribution < -0.4 is 5.56 Å². The molecule has 0 saturated carbocycles. The Morgan fingerprint density at radius 3 is 2.32 bits per heavy atom. The number of pyridine rings is 1. The molecule has 0 radical (unpaired) electrons. The summed E-state index contributed by atoms with van der Waals surface area (Å²) in [6.45, 7) is 2.76. The minimum absolute atomic E-state index is 0.0337. The molecule has 2 aromatic carbocycles. The summed E-state index contributed by atoms with van der Waals surface area (Å²) in [5.74, 6) is 0. The number of halogens is 1. The van der Waals surface area contributed by atoms with Gasteiger partial charge in [-0.15, -0.1) is 0 Å². The van der Waals surface area contributed by atoms with E-state index in [2.05, 4.69) is 46.3 Å². The molecule has 0 N–H and O–H groups in total. The van der Waals surface area contributed by atoms with Crippen LogP contribution >= 0.6 is 23.4 Å². The maximum absolute atomic E-state index is 13.1. The van der Waals surface area contributed by atoms with Gasteiger partial charge >= 0.3 is 0 Å². The summed E-state index contributed by atoms with van der Waals surface area (Å²) >= 11 is 7.25. The van der Waals surface area contributed by atoms with Gasteiger partial charge in [-0.05, 0) is 47.2 Å². The van der Waals surface area contributed by atoms with Crippen molar-refractivity contribution in [3.05, 3.63) is 112 Å². The lowest BCUT2D eigenvalue weighted by Gasteiger charge is -2.39. The van der Waals surface area contributed by atoms with E-state index < -0.39 is 0 Å². The molecule has 2 aromatic heterocycles. The summed E-state index contributed by atoms with van der Waals surface area (Å²) in [5, 5.41) is 0.682. The quantitative estimate of drug-likeness (QED) is 0.378. The highest BCUT2D eigenvalue weighted by Gasteiger charge is 2.28. The predicted molar refractivity (Wildman–Crippen MR) is 136 cm³/mol. The Labute approximate surface area is 206 Å². The molecule has 8 heteroatoms. The van der Waals surface area contributed by atoms with Crippen LogP contribution in [0.5, 0.6) is 0 Å². The number of piperazine rings is 1. The van der Waals surface area contributed by atoms with Crippen molar-refractivity contribution in [1.82, 2.24) is 19.2 Å². The number of thioether (sulfide) groups is 1. The molecule has 1 saturated heterocycles. The van der Waals surface area contributed by atoms with E-state index in [0.29, 0.717) is 28.7 Å². The molecular formula is C26H23ClN4O2S. The van der Waals surface area contributed by atoms with Crippen molar-refractivity contribution >= 4 is 34.2 Å². The third kappa shape index (κ3) is 4.73. The Balaban J connectivity index is 1.31. The number of hydrogen-bond acceptors (Lipinski definition) is 5. The summed E-state index contributed by atoms with van der Waals surface area (Å²) < 4.78 is 1.46. The lowest BCUT2D eigenvalue weighted by atomic mass is 9.96. The van der Waals surface area contributed by atoms with Crippen molar-refractivity contribution in [1.29, 1.82) is 0 Å². The van der Waals surface area contributed by atoms with E-state index in [9.17, 15) is 9.59 Å². The normalized spacial score (nSPS) is 15.4. The Bertz CT molecular complexity index is 1350. The van der Waals surface area contributed by atoms with Crippen LogP contribution in [0.3, 0.4) is 0 Å². The van der Waals surface area contributed by atoms with Gasteiger partial charge in [-0.3, -0.25) is 18.9 Å². The van der Waals surface area contributed by atoms with Crippen LogP contribution in [-0.4, -0.2) is 50.6 Å². The molecule has 1 unspecified atom stereocenters. The van der Waals surface area contributed by atoms with Gasteiger partial charge in [0.1, 0.15) is 0 Å². The smallest absolute Gasteiger partial charge is 0.286 e. The number of rotatable bonds is 4. The first-order valence-electron chi connectivity index (χ1n) is 11.1. The average Bonchev–Trinajstić information content (AvgIpc) is 2.87. The molecule has 4 aromatic rings. The Morgan fingerprint density at radius 2 is 1.59 bits per heavy atom. The molecule has 1 fully saturated rings. The number of aromatic nitrogens is 2. The van der Waals surface area contributed by atoms with Crippen LogP contribution in [0.4, 0.5) is 4.79 Å². The fraction of sp³-hybridized carbons (Fsp3) is 0.192. The minimum Gasteiger partial charge on any atom is -0.331 e. The van der Waals surface area contributed by atoms with Crippen LogP contribution in [-0.2, 0) is 0 Å². The van der Waals surface area contributed by atoms with E-state index in [-0.39, 0.29) is 16.8 Å². The molecule has 1 amide bonds. The second kappa shape index (κ2) is 10.0. The zero-order valence-electron chi connectivity index (χ0n) is 18.4. The second-order valence-corrected chi connectivity index (χ2v) is 9.53. The third-order valence-electron chi connectivity index (χ3n) is 6.02. The molecule has 3 heterocycles. The van der Waals surface area contributed by atoms with Gasteiger partial charge in [0.25, 0.3) is 10.8 Å². The van der Waals surface area contributed by atoms with Crippen molar-refractivity contribution < 1.29 is 4.79 Å². The summed E-state index contributed by atoms with van der Waals surface area (Å²) in [4.78, 5) is 34.4. The standard InChI is InChI=1S/C26H23ClN4O2S/c27-21-10-8-20(9-11-21)24(19-5-2-1-3-6-19)29-15-17-30(18-16-29)26(33)34-22-7-4-14-31-23(32)12-13-28-25(22)31/h1-14,24H,15-18H2. The van der Waals surface area contributed by atoms with E-state index in [0.717, 1.165) is 24.9 Å². The molecule has 1 aliphatic heterocycles. The van der Waals surface area contributed by atoms with Gasteiger partial charge < -0.3 is 4.90 Å². The van der Waals surface area contributed by atoms with Crippen molar-refractivity contribution in [2.75, 3.05) is 26.2 Å². The van der Waals surface area contributed by atoms with E-state index >= 15 is 0 Å². The highest BCUT2D eigenvalue weighted by Crippen LogP contribution is 2.31. The summed E-state index contributed by atoms with van der Waals surface area (Å²) in [5.41, 5.74) is 2.73. The molecule has 1 aliphatic rings. The van der Waals surface area contributed by atoms with Gasteiger partial charge in [0, 0.05) is 49.7 Å². The molecule has 0 bridgehead atoms. The summed E-state index contributed by atoms with van der Waals surface area (Å²) in [6, 6.07) is 23.5. The van der Waals surface area contributed by atoms with Gasteiger partial charge in [-0.1, -0.05) is 54.1 Å². The molecule has 5 rings (SSSR count). The van der Waals surface area contributed by atoms with Crippen LogP contribution in [0.15, 0.2) is 94.9 Å². The van der Waals surface area contributed by atoms with Gasteiger partial charge in [-0.25, -0.2) is 4.98 Å². The molecule has 34 heavy (non-hydrogen) atoms. The highest BCUT2D eigenvalue weighted by atomic mass is 35.5. The van der Waals surface area contributed by atoms with Crippen molar-refractivity contribution in [3.63, 3.8) is 0 Å². The monoisotopic (exact) mass is 490 g/mol. The molecule has 0 spiro atoms. The number of benzene rings is 2. The largest absolute Gasteiger partial charge is 0.331 e. The molecule has 172 valence electrons. The average molecular weight is 491 g/mol. The van der Waals surface area contributed by atoms with Crippen LogP contribution in [0.1, 0.15) is 17.2 Å². The number of carbonyl (C=O) groups is 1. The lowest BCUT2D eigenvalue weighted by molar-refractivity contribution is 0.131. The molecule has 0 aliphatic carbocycles. The van der Waals surface area contributed by atoms with E-state index in [1.54, 1.807) is 12.3 Å². The van der Waals surface area contributed by atoms with Gasteiger partial charge in [0.15, 0.2) is 5.65 Å². The summed E-state index contributed by atoms with van der Waals surface area (Å²) in [6.07, 6.45) is 3.14. The Kier molecular flexibility index (Phi) is 6.67. The maximum Gasteiger partial charge on any atom is 0.286 e. The number of fused-ring (bicyclic) bond motifs is 1. The SMILES string of the molecule is O=C(Sc1cccn2c(=O)ccnc12)N1CCN(C(c2ccccc2)c2ccc(Cl)cc2)CC1.